The van der Waals surface area contributed by atoms with Crippen LogP contribution in [-0.2, 0) is 0 Å². The maximum atomic E-state index is 6.10. The summed E-state index contributed by atoms with van der Waals surface area (Å²) in [5.74, 6) is 0.942. The highest BCUT2D eigenvalue weighted by molar-refractivity contribution is 5.27. The number of hydrogen-bond acceptors (Lipinski definition) is 1. The van der Waals surface area contributed by atoms with Gasteiger partial charge in [0.25, 0.3) is 0 Å². The SMILES string of the molecule is CCCC(Oc1ccccc1)c1cccc(C)c1. The van der Waals surface area contributed by atoms with E-state index in [4.69, 9.17) is 4.74 Å². The first kappa shape index (κ1) is 12.7. The van der Waals surface area contributed by atoms with Gasteiger partial charge in [0.05, 0.1) is 0 Å². The zero-order chi connectivity index (χ0) is 12.8. The van der Waals surface area contributed by atoms with E-state index in [1.807, 2.05) is 30.3 Å². The highest BCUT2D eigenvalue weighted by Gasteiger charge is 2.12. The molecule has 0 saturated carbocycles. The number of para-hydroxylation sites is 1. The van der Waals surface area contributed by atoms with Gasteiger partial charge in [-0.05, 0) is 31.0 Å². The van der Waals surface area contributed by atoms with Gasteiger partial charge < -0.3 is 4.74 Å². The molecule has 1 heteroatoms. The molecule has 2 rings (SSSR count). The molecule has 18 heavy (non-hydrogen) atoms. The van der Waals surface area contributed by atoms with Gasteiger partial charge in [-0.15, -0.1) is 0 Å². The van der Waals surface area contributed by atoms with E-state index in [1.54, 1.807) is 0 Å². The summed E-state index contributed by atoms with van der Waals surface area (Å²) in [6, 6.07) is 18.6. The molecular weight excluding hydrogens is 220 g/mol. The van der Waals surface area contributed by atoms with E-state index in [2.05, 4.69) is 38.1 Å². The van der Waals surface area contributed by atoms with Crippen LogP contribution in [0.3, 0.4) is 0 Å². The third-order valence-electron chi connectivity index (χ3n) is 2.99. The van der Waals surface area contributed by atoms with Gasteiger partial charge in [0.1, 0.15) is 11.9 Å². The summed E-state index contributed by atoms with van der Waals surface area (Å²) in [7, 11) is 0. The van der Waals surface area contributed by atoms with Crippen molar-refractivity contribution in [3.05, 3.63) is 65.7 Å². The van der Waals surface area contributed by atoms with Crippen molar-refractivity contribution in [3.63, 3.8) is 0 Å². The number of rotatable bonds is 5. The lowest BCUT2D eigenvalue weighted by atomic mass is 10.0. The van der Waals surface area contributed by atoms with Crippen molar-refractivity contribution in [1.29, 1.82) is 0 Å². The standard InChI is InChI=1S/C17H20O/c1-3-8-17(15-10-7-9-14(2)13-15)18-16-11-5-4-6-12-16/h4-7,9-13,17H,3,8H2,1-2H3. The number of aryl methyl sites for hydroxylation is 1. The summed E-state index contributed by atoms with van der Waals surface area (Å²) in [5, 5.41) is 0. The van der Waals surface area contributed by atoms with Crippen LogP contribution in [-0.4, -0.2) is 0 Å². The second-order valence-electron chi connectivity index (χ2n) is 4.62. The molecule has 0 spiro atoms. The molecule has 2 aromatic carbocycles. The topological polar surface area (TPSA) is 9.23 Å². The van der Waals surface area contributed by atoms with Crippen molar-refractivity contribution < 1.29 is 4.74 Å². The van der Waals surface area contributed by atoms with Crippen molar-refractivity contribution in [3.8, 4) is 5.75 Å². The molecule has 0 aliphatic rings. The molecule has 0 aliphatic heterocycles. The molecule has 0 N–H and O–H groups in total. The Hall–Kier alpha value is -1.76. The average Bonchev–Trinajstić information content (AvgIpc) is 2.39. The zero-order valence-corrected chi connectivity index (χ0v) is 11.1. The van der Waals surface area contributed by atoms with Crippen LogP contribution in [0.25, 0.3) is 0 Å². The molecule has 0 radical (unpaired) electrons. The van der Waals surface area contributed by atoms with E-state index in [1.165, 1.54) is 11.1 Å². The maximum absolute atomic E-state index is 6.10. The Kier molecular flexibility index (Phi) is 4.40. The number of hydrogen-bond donors (Lipinski definition) is 0. The van der Waals surface area contributed by atoms with Gasteiger partial charge in [0, 0.05) is 0 Å². The summed E-state index contributed by atoms with van der Waals surface area (Å²) in [6.45, 7) is 4.31. The molecule has 0 heterocycles. The molecule has 0 aliphatic carbocycles. The Morgan fingerprint density at radius 1 is 1.00 bits per heavy atom. The number of benzene rings is 2. The molecule has 94 valence electrons. The lowest BCUT2D eigenvalue weighted by molar-refractivity contribution is 0.194. The molecule has 1 atom stereocenters. The Bertz CT molecular complexity index is 476. The van der Waals surface area contributed by atoms with Gasteiger partial charge in [0.2, 0.25) is 0 Å². The molecule has 0 saturated heterocycles. The van der Waals surface area contributed by atoms with Crippen LogP contribution >= 0.6 is 0 Å². The van der Waals surface area contributed by atoms with Crippen LogP contribution in [0.2, 0.25) is 0 Å². The van der Waals surface area contributed by atoms with E-state index < -0.39 is 0 Å². The quantitative estimate of drug-likeness (QED) is 0.721. The van der Waals surface area contributed by atoms with Crippen LogP contribution in [0.1, 0.15) is 37.0 Å². The van der Waals surface area contributed by atoms with Crippen LogP contribution in [0.15, 0.2) is 54.6 Å². The number of ether oxygens (including phenoxy) is 1. The Labute approximate surface area is 109 Å². The maximum Gasteiger partial charge on any atom is 0.124 e. The van der Waals surface area contributed by atoms with Crippen LogP contribution < -0.4 is 4.74 Å². The lowest BCUT2D eigenvalue weighted by Gasteiger charge is -2.19. The van der Waals surface area contributed by atoms with Crippen molar-refractivity contribution >= 4 is 0 Å². The summed E-state index contributed by atoms with van der Waals surface area (Å²) < 4.78 is 6.10. The molecular formula is C17H20O. The predicted octanol–water partition coefficient (Wildman–Crippen LogP) is 4.92. The average molecular weight is 240 g/mol. The molecule has 0 aromatic heterocycles. The van der Waals surface area contributed by atoms with Crippen molar-refractivity contribution in [1.82, 2.24) is 0 Å². The monoisotopic (exact) mass is 240 g/mol. The van der Waals surface area contributed by atoms with E-state index in [0.717, 1.165) is 18.6 Å². The van der Waals surface area contributed by atoms with Gasteiger partial charge in [-0.25, -0.2) is 0 Å². The smallest absolute Gasteiger partial charge is 0.124 e. The fourth-order valence-corrected chi connectivity index (χ4v) is 2.09. The highest BCUT2D eigenvalue weighted by atomic mass is 16.5. The normalized spacial score (nSPS) is 12.1. The van der Waals surface area contributed by atoms with E-state index in [0.29, 0.717) is 0 Å². The Morgan fingerprint density at radius 2 is 1.78 bits per heavy atom. The third kappa shape index (κ3) is 3.36. The molecule has 0 amide bonds. The summed E-state index contributed by atoms with van der Waals surface area (Å²) in [5.41, 5.74) is 2.55. The molecule has 1 unspecified atom stereocenters. The summed E-state index contributed by atoms with van der Waals surface area (Å²) >= 11 is 0. The second-order valence-corrected chi connectivity index (χ2v) is 4.62. The molecule has 2 aromatic rings. The first-order valence-electron chi connectivity index (χ1n) is 6.58. The van der Waals surface area contributed by atoms with Gasteiger partial charge in [0.15, 0.2) is 0 Å². The van der Waals surface area contributed by atoms with Gasteiger partial charge in [-0.1, -0.05) is 61.4 Å². The van der Waals surface area contributed by atoms with Crippen molar-refractivity contribution in [2.45, 2.75) is 32.8 Å². The van der Waals surface area contributed by atoms with E-state index in [-0.39, 0.29) is 6.10 Å². The van der Waals surface area contributed by atoms with Crippen LogP contribution in [0, 0.1) is 6.92 Å². The van der Waals surface area contributed by atoms with Gasteiger partial charge >= 0.3 is 0 Å². The molecule has 1 nitrogen and oxygen atoms in total. The minimum Gasteiger partial charge on any atom is -0.486 e. The lowest BCUT2D eigenvalue weighted by Crippen LogP contribution is -2.07. The minimum atomic E-state index is 0.150. The first-order valence-corrected chi connectivity index (χ1v) is 6.58. The fourth-order valence-electron chi connectivity index (χ4n) is 2.09. The third-order valence-corrected chi connectivity index (χ3v) is 2.99. The largest absolute Gasteiger partial charge is 0.486 e. The molecule has 0 bridgehead atoms. The zero-order valence-electron chi connectivity index (χ0n) is 11.1. The minimum absolute atomic E-state index is 0.150. The van der Waals surface area contributed by atoms with Gasteiger partial charge in [-0.2, -0.15) is 0 Å². The Balaban J connectivity index is 2.18. The first-order chi connectivity index (χ1) is 8.79. The van der Waals surface area contributed by atoms with Gasteiger partial charge in [-0.3, -0.25) is 0 Å². The molecule has 0 fully saturated rings. The second kappa shape index (κ2) is 6.25. The van der Waals surface area contributed by atoms with Crippen molar-refractivity contribution in [2.24, 2.45) is 0 Å². The summed E-state index contributed by atoms with van der Waals surface area (Å²) in [4.78, 5) is 0. The fraction of sp³-hybridized carbons (Fsp3) is 0.294. The van der Waals surface area contributed by atoms with E-state index >= 15 is 0 Å². The predicted molar refractivity (Wildman–Crippen MR) is 75.9 cm³/mol. The highest BCUT2D eigenvalue weighted by Crippen LogP contribution is 2.26. The van der Waals surface area contributed by atoms with E-state index in [9.17, 15) is 0 Å². The Morgan fingerprint density at radius 3 is 2.44 bits per heavy atom. The van der Waals surface area contributed by atoms with Crippen molar-refractivity contribution in [2.75, 3.05) is 0 Å². The van der Waals surface area contributed by atoms with Crippen LogP contribution in [0.4, 0.5) is 0 Å². The summed E-state index contributed by atoms with van der Waals surface area (Å²) in [6.07, 6.45) is 2.31. The van der Waals surface area contributed by atoms with Crippen LogP contribution in [0.5, 0.6) is 5.75 Å².